The van der Waals surface area contributed by atoms with Crippen LogP contribution in [0, 0.1) is 71.0 Å². The van der Waals surface area contributed by atoms with Crippen LogP contribution in [0.1, 0.15) is 177 Å². The molecule has 0 aromatic rings. The Hall–Kier alpha value is -6.20. The van der Waals surface area contributed by atoms with E-state index in [2.05, 4.69) is 49.3 Å². The van der Waals surface area contributed by atoms with Gasteiger partial charge in [0.05, 0.1) is 17.5 Å². The number of cyclic esters (lactones) is 1. The van der Waals surface area contributed by atoms with Crippen molar-refractivity contribution in [2.45, 2.75) is 223 Å². The number of rotatable bonds is 17. The normalized spacial score (nSPS) is 38.2. The summed E-state index contributed by atoms with van der Waals surface area (Å²) in [6.45, 7) is 28.5. The summed E-state index contributed by atoms with van der Waals surface area (Å²) in [6, 6.07) is 0. The number of esters is 9. The highest BCUT2D eigenvalue weighted by molar-refractivity contribution is 7.87. The summed E-state index contributed by atoms with van der Waals surface area (Å²) in [5, 5.41) is 10.1. The van der Waals surface area contributed by atoms with Crippen LogP contribution in [0.15, 0.2) is 60.8 Å². The Morgan fingerprint density at radius 2 is 1.00 bits per heavy atom. The summed E-state index contributed by atoms with van der Waals surface area (Å²) in [4.78, 5) is 103. The van der Waals surface area contributed by atoms with Gasteiger partial charge in [0.15, 0.2) is 19.8 Å². The maximum Gasteiger partial charge on any atom is 0.347 e. The highest BCUT2D eigenvalue weighted by Crippen LogP contribution is 2.63. The van der Waals surface area contributed by atoms with Gasteiger partial charge in [-0.1, -0.05) is 39.8 Å². The predicted molar refractivity (Wildman–Crippen MR) is 332 cm³/mol. The lowest BCUT2D eigenvalue weighted by atomic mass is 9.49. The van der Waals surface area contributed by atoms with E-state index in [1.165, 1.54) is 65.7 Å². The molecule has 8 unspecified atom stereocenters. The molecule has 0 amide bonds. The zero-order valence-electron chi connectivity index (χ0n) is 55.2. The van der Waals surface area contributed by atoms with Crippen molar-refractivity contribution in [1.29, 1.82) is 0 Å². The Kier molecular flexibility index (Phi) is 21.6. The van der Waals surface area contributed by atoms with Gasteiger partial charge in [0.1, 0.15) is 29.0 Å². The fraction of sp³-hybridized carbons (Fsp3) is 0.729. The van der Waals surface area contributed by atoms with E-state index in [0.29, 0.717) is 78.9 Å². The highest BCUT2D eigenvalue weighted by atomic mass is 32.2. The summed E-state index contributed by atoms with van der Waals surface area (Å²) < 4.78 is 74.9. The average Bonchev–Trinajstić information content (AvgIpc) is 1.70. The lowest BCUT2D eigenvalue weighted by molar-refractivity contribution is -0.217. The van der Waals surface area contributed by atoms with E-state index in [4.69, 9.17) is 37.3 Å². The predicted octanol–water partition coefficient (Wildman–Crippen LogP) is 8.88. The van der Waals surface area contributed by atoms with Gasteiger partial charge in [-0.3, -0.25) is 4.18 Å². The first-order valence-electron chi connectivity index (χ1n) is 33.3. The maximum absolute atomic E-state index is 12.2. The van der Waals surface area contributed by atoms with Crippen molar-refractivity contribution in [3.63, 3.8) is 0 Å². The van der Waals surface area contributed by atoms with Crippen LogP contribution in [0.4, 0.5) is 0 Å². The Balaban J connectivity index is 0.000000140. The molecule has 16 aliphatic rings. The molecule has 8 atom stereocenters. The molecule has 14 saturated carbocycles. The van der Waals surface area contributed by atoms with Gasteiger partial charge in [0, 0.05) is 52.5 Å². The summed E-state index contributed by atoms with van der Waals surface area (Å²) >= 11 is 0. The molecule has 93 heavy (non-hydrogen) atoms. The van der Waals surface area contributed by atoms with E-state index in [1.807, 2.05) is 6.92 Å². The van der Waals surface area contributed by atoms with Gasteiger partial charge < -0.3 is 47.7 Å². The lowest BCUT2D eigenvalue weighted by Gasteiger charge is -2.60. The van der Waals surface area contributed by atoms with Crippen molar-refractivity contribution in [3.05, 3.63) is 60.8 Å². The van der Waals surface area contributed by atoms with Gasteiger partial charge in [-0.2, -0.15) is 8.42 Å². The standard InChI is InChI=1S/C19H26O6.C16H24O2.C14H20O3.C13H16O7S.C8H10O4/c1-11(2)18(22)24-9-16(20)23-10-17(21)25-19(3)14-5-12-4-13(7-14)8-15(19)6-12;1-4-16(18-15(17)10(2)3)13-6-11-5-12(8-13)9-14(16)7-11;1-9(2)12(15)17-14-6-10-3-11(7-14)5-13(16,4-10)8-14;1-6(2)13(15)18-5-10(14)19-11-7-3-8-9(4-7)21(16,17)20-12(8)11;1-5(2)7(9)12-6-3-4-11-8(6)10/h12-15H,1,4-10H2,2-3H3;11-14H,2,4-9H2,1,3H3;10-11,16H,1,3-8H2,2H3;7-9,11-12H,1,3-5H2,2H3;6H,1,3-4H2,2H3. The SMILES string of the molecule is C=C(C)C(=O)OC1(CC)C2CC3CC(C2)CC1C3.C=C(C)C(=O)OC12CC3CC(CC(O)(C3)C1)C2.C=C(C)C(=O)OC1CCOC1=O.C=C(C)C(=O)OCC(=O)OC1C2CC3C1OS(=O)(=O)C3C2.C=C(C)C(=O)OCC(=O)OCC(=O)OC1(C)C2CC3CC(C2)CC1C3. The van der Waals surface area contributed by atoms with Crippen molar-refractivity contribution >= 4 is 63.8 Å². The third kappa shape index (κ3) is 16.0. The molecule has 0 aromatic heterocycles. The minimum absolute atomic E-state index is 0.00284. The van der Waals surface area contributed by atoms with Crippen LogP contribution in [0.2, 0.25) is 0 Å². The van der Waals surface area contributed by atoms with Crippen LogP contribution < -0.4 is 0 Å². The molecule has 23 heteroatoms. The molecule has 0 aromatic carbocycles. The van der Waals surface area contributed by atoms with Crippen molar-refractivity contribution < 1.29 is 103 Å². The zero-order valence-corrected chi connectivity index (χ0v) is 56.0. The minimum Gasteiger partial charge on any atom is -0.463 e. The monoisotopic (exact) mass is 1320 g/mol. The van der Waals surface area contributed by atoms with E-state index in [0.717, 1.165) is 81.5 Å². The molecule has 2 aliphatic heterocycles. The number of carbonyl (C=O) groups is 9. The largest absolute Gasteiger partial charge is 0.463 e. The van der Waals surface area contributed by atoms with E-state index in [9.17, 15) is 56.7 Å². The molecule has 14 aliphatic carbocycles. The third-order valence-corrected chi connectivity index (χ3v) is 24.1. The first-order valence-corrected chi connectivity index (χ1v) is 34.8. The van der Waals surface area contributed by atoms with Gasteiger partial charge in [-0.05, 0) is 216 Å². The summed E-state index contributed by atoms with van der Waals surface area (Å²) in [5.41, 5.74) is 0.0954. The fourth-order valence-corrected chi connectivity index (χ4v) is 20.8. The zero-order chi connectivity index (χ0) is 67.9. The van der Waals surface area contributed by atoms with Crippen LogP contribution in [0.3, 0.4) is 0 Å². The van der Waals surface area contributed by atoms with E-state index >= 15 is 0 Å². The summed E-state index contributed by atoms with van der Waals surface area (Å²) in [7, 11) is -3.53. The Morgan fingerprint density at radius 3 is 1.46 bits per heavy atom. The average molecular weight is 1320 g/mol. The van der Waals surface area contributed by atoms with Gasteiger partial charge in [-0.15, -0.1) is 0 Å². The number of fused-ring (bicyclic) bond motifs is 1. The Morgan fingerprint density at radius 1 is 0.538 bits per heavy atom. The van der Waals surface area contributed by atoms with Gasteiger partial charge in [0.25, 0.3) is 10.1 Å². The molecule has 0 radical (unpaired) electrons. The van der Waals surface area contributed by atoms with Crippen LogP contribution in [-0.2, 0) is 100 Å². The molecule has 16 rings (SSSR count). The van der Waals surface area contributed by atoms with E-state index in [1.54, 1.807) is 13.8 Å². The smallest absolute Gasteiger partial charge is 0.347 e. The lowest BCUT2D eigenvalue weighted by Crippen LogP contribution is -2.60. The molecule has 16 fully saturated rings. The molecule has 14 bridgehead atoms. The van der Waals surface area contributed by atoms with E-state index in [-0.39, 0.29) is 46.1 Å². The number of aliphatic hydroxyl groups is 1. The Bertz CT molecular complexity index is 3070. The number of carbonyl (C=O) groups excluding carboxylic acids is 9. The van der Waals surface area contributed by atoms with Gasteiger partial charge >= 0.3 is 53.7 Å². The van der Waals surface area contributed by atoms with Crippen LogP contribution in [0.25, 0.3) is 0 Å². The quantitative estimate of drug-likeness (QED) is 0.0615. The number of ether oxygens (including phenoxy) is 9. The Labute approximate surface area is 546 Å². The first kappa shape index (κ1) is 71.1. The number of hydrogen-bond donors (Lipinski definition) is 1. The second-order valence-corrected chi connectivity index (χ2v) is 31.5. The molecule has 2 saturated heterocycles. The van der Waals surface area contributed by atoms with Crippen LogP contribution in [-0.4, -0.2) is 140 Å². The molecule has 2 heterocycles. The minimum atomic E-state index is -3.53. The molecular weight excluding hydrogens is 1220 g/mol. The van der Waals surface area contributed by atoms with Crippen molar-refractivity contribution in [2.24, 2.45) is 71.0 Å². The summed E-state index contributed by atoms with van der Waals surface area (Å²) in [6.07, 6.45) is 18.6. The molecule has 514 valence electrons. The second-order valence-electron chi connectivity index (χ2n) is 29.7. The van der Waals surface area contributed by atoms with Crippen molar-refractivity contribution in [1.82, 2.24) is 0 Å². The fourth-order valence-electron chi connectivity index (χ4n) is 18.9. The van der Waals surface area contributed by atoms with Crippen LogP contribution in [0.5, 0.6) is 0 Å². The third-order valence-electron chi connectivity index (χ3n) is 22.3. The first-order chi connectivity index (χ1) is 43.6. The molecule has 0 spiro atoms. The second kappa shape index (κ2) is 28.2. The summed E-state index contributed by atoms with van der Waals surface area (Å²) in [5.74, 6) is 1.63. The van der Waals surface area contributed by atoms with Gasteiger partial charge in [-0.25, -0.2) is 43.2 Å². The van der Waals surface area contributed by atoms with Crippen molar-refractivity contribution in [3.8, 4) is 0 Å². The van der Waals surface area contributed by atoms with Gasteiger partial charge in [0.2, 0.25) is 6.10 Å². The topological polar surface area (TPSA) is 300 Å². The maximum atomic E-state index is 12.2. The molecule has 22 nitrogen and oxygen atoms in total. The van der Waals surface area contributed by atoms with Crippen LogP contribution >= 0.6 is 0 Å². The van der Waals surface area contributed by atoms with Crippen molar-refractivity contribution in [2.75, 3.05) is 26.4 Å². The molecular formula is C70H96O22S. The van der Waals surface area contributed by atoms with E-state index < -0.39 is 112 Å². The number of hydrogen-bond acceptors (Lipinski definition) is 22. The highest BCUT2D eigenvalue weighted by Gasteiger charge is 2.66. The molecule has 1 N–H and O–H groups in total.